The number of hydrogen-bond acceptors (Lipinski definition) is 21. The molecule has 27 nitrogen and oxygen atoms in total. The van der Waals surface area contributed by atoms with E-state index in [0.717, 1.165) is 54.4 Å². The number of carbonyl (C=O) groups excluding carboxylic acids is 3. The van der Waals surface area contributed by atoms with Crippen LogP contribution in [0.1, 0.15) is 65.2 Å². The van der Waals surface area contributed by atoms with Crippen LogP contribution in [0.25, 0.3) is 16.9 Å². The molecule has 0 fully saturated rings. The van der Waals surface area contributed by atoms with Crippen molar-refractivity contribution in [2.24, 2.45) is 0 Å². The summed E-state index contributed by atoms with van der Waals surface area (Å²) >= 11 is 0. The highest BCUT2D eigenvalue weighted by Crippen LogP contribution is 2.42. The summed E-state index contributed by atoms with van der Waals surface area (Å²) in [5.74, 6) is 10.1. The van der Waals surface area contributed by atoms with Crippen LogP contribution in [0.3, 0.4) is 0 Å². The van der Waals surface area contributed by atoms with Crippen LogP contribution in [-0.2, 0) is 14.4 Å². The van der Waals surface area contributed by atoms with Crippen molar-refractivity contribution in [2.45, 2.75) is 65.2 Å². The highest BCUT2D eigenvalue weighted by molar-refractivity contribution is 5.96. The average Bonchev–Trinajstić information content (AvgIpc) is 4.29. The number of hydrogen-bond donors (Lipinski definition) is 9. The van der Waals surface area contributed by atoms with Gasteiger partial charge < -0.3 is 76.3 Å². The molecule has 0 spiro atoms. The predicted molar refractivity (Wildman–Crippen MR) is 333 cm³/mol. The van der Waals surface area contributed by atoms with Gasteiger partial charge in [0.15, 0.2) is 51.4 Å². The number of terminal acetylenes is 1. The minimum absolute atomic E-state index is 0.0350. The molecule has 6 aromatic heterocycles. The summed E-state index contributed by atoms with van der Waals surface area (Å²) in [5, 5.41) is 40.8. The van der Waals surface area contributed by atoms with Crippen molar-refractivity contribution in [1.29, 1.82) is 0 Å². The number of para-hydroxylation sites is 3. The summed E-state index contributed by atoms with van der Waals surface area (Å²) in [5.41, 5.74) is 5.48. The van der Waals surface area contributed by atoms with Gasteiger partial charge in [0.1, 0.15) is 91.6 Å². The van der Waals surface area contributed by atoms with Crippen LogP contribution in [-0.4, -0.2) is 122 Å². The van der Waals surface area contributed by atoms with Crippen molar-refractivity contribution in [3.05, 3.63) is 91.4 Å². The van der Waals surface area contributed by atoms with Crippen molar-refractivity contribution < 1.29 is 42.8 Å². The summed E-state index contributed by atoms with van der Waals surface area (Å²) in [4.78, 5) is 50.3. The van der Waals surface area contributed by atoms with Crippen molar-refractivity contribution in [3.63, 3.8) is 0 Å². The van der Waals surface area contributed by atoms with Gasteiger partial charge in [-0.2, -0.15) is 28.8 Å². The van der Waals surface area contributed by atoms with Gasteiger partial charge in [0.05, 0.1) is 35.7 Å². The molecule has 12 rings (SSSR count). The van der Waals surface area contributed by atoms with Crippen LogP contribution in [0.4, 0.5) is 69.0 Å². The van der Waals surface area contributed by atoms with Crippen molar-refractivity contribution >= 4 is 104 Å². The van der Waals surface area contributed by atoms with Crippen LogP contribution in [0.15, 0.2) is 91.4 Å². The zero-order valence-electron chi connectivity index (χ0n) is 48.8. The topological polar surface area (TPSA) is 305 Å². The molecule has 3 aliphatic rings. The number of nitrogens with zero attached hydrogens (tertiary/aromatic N) is 9. The lowest BCUT2D eigenvalue weighted by atomic mass is 10.2. The number of carbonyl (C=O) groups is 3. The van der Waals surface area contributed by atoms with Gasteiger partial charge in [0.2, 0.25) is 17.7 Å². The largest absolute Gasteiger partial charge is 0.486 e. The maximum Gasteiger partial charge on any atom is 0.225 e. The van der Waals surface area contributed by atoms with Gasteiger partial charge in [-0.3, -0.25) is 14.4 Å². The molecule has 9 aromatic rings. The van der Waals surface area contributed by atoms with Crippen LogP contribution in [0.2, 0.25) is 0 Å². The zero-order valence-corrected chi connectivity index (χ0v) is 48.8. The molecule has 0 unspecified atom stereocenters. The Kier molecular flexibility index (Phi) is 19.1. The number of fused-ring (bicyclic) bond motifs is 6. The standard InChI is InChI=1S/C21H26N6O3.C20H20N6O3.C19H22N6O3/c1-3-4-5-9-19(28)25-15-13-23-27-18(22-2)12-17(26-21(15)27)24-14-7-6-8-16-20(14)30-11-10-29-16;1-3-4-8-18(27)24-14-12-22-26-17(21-2)11-16(25-20(14)26)23-13-6-5-7-15-19(13)29-10-9-28-15;1-3-5-17(26)23-13-11-21-25-16(20-2)10-15(24-19(13)25)22-12-6-4-7-14-18(12)28-9-8-27-14/h6-8,12-13,22H,3-5,9-11H2,1-2H3,(H,24,26)(H,25,28);1,5-7,11-12,21H,4,8-10H2,2H3,(H,23,25)(H,24,27);4,6-7,10-11,20H,3,5,8-9H2,1-2H3,(H,22,24)(H,23,26). The van der Waals surface area contributed by atoms with Crippen LogP contribution in [0.5, 0.6) is 34.5 Å². The molecule has 452 valence electrons. The minimum Gasteiger partial charge on any atom is -0.486 e. The second kappa shape index (κ2) is 28.1. The van der Waals surface area contributed by atoms with Crippen LogP contribution in [0, 0.1) is 12.3 Å². The molecule has 27 heteroatoms. The van der Waals surface area contributed by atoms with Crippen molar-refractivity contribution in [1.82, 2.24) is 43.8 Å². The van der Waals surface area contributed by atoms with E-state index in [0.29, 0.717) is 151 Å². The third-order valence-corrected chi connectivity index (χ3v) is 13.5. The molecule has 0 radical (unpaired) electrons. The molecule has 0 atom stereocenters. The number of benzene rings is 3. The first-order chi connectivity index (χ1) is 42.6. The fourth-order valence-electron chi connectivity index (χ4n) is 9.40. The van der Waals surface area contributed by atoms with Gasteiger partial charge in [-0.25, -0.2) is 15.0 Å². The Balaban J connectivity index is 0.000000145. The lowest BCUT2D eigenvalue weighted by molar-refractivity contribution is -0.117. The maximum atomic E-state index is 12.3. The first-order valence-corrected chi connectivity index (χ1v) is 28.6. The highest BCUT2D eigenvalue weighted by Gasteiger charge is 2.22. The molecule has 0 saturated heterocycles. The van der Waals surface area contributed by atoms with E-state index in [4.69, 9.17) is 34.8 Å². The Labute approximate surface area is 500 Å². The quantitative estimate of drug-likeness (QED) is 0.0253. The number of nitrogens with one attached hydrogen (secondary N) is 9. The molecule has 9 N–H and O–H groups in total. The summed E-state index contributed by atoms with van der Waals surface area (Å²) in [6, 6.07) is 22.5. The van der Waals surface area contributed by atoms with Crippen LogP contribution >= 0.6 is 0 Å². The molecule has 9 heterocycles. The summed E-state index contributed by atoms with van der Waals surface area (Å²) in [6.07, 6.45) is 15.3. The Morgan fingerprint density at radius 3 is 1.17 bits per heavy atom. The SMILES string of the molecule is C#CCCC(=O)Nc1cnn2c(NC)cc(Nc3cccc4c3OCCO4)nc12.CCCC(=O)Nc1cnn2c(NC)cc(Nc3cccc4c3OCCO4)nc12.CCCCCC(=O)Nc1cnn2c(NC)cc(Nc3cccc4c3OCCO4)nc12. The molecular formula is C60H68N18O9. The number of unbranched alkanes of at least 4 members (excludes halogenated alkanes) is 2. The fourth-order valence-corrected chi connectivity index (χ4v) is 9.40. The van der Waals surface area contributed by atoms with Gasteiger partial charge in [-0.05, 0) is 49.2 Å². The fraction of sp³-hybridized carbons (Fsp3) is 0.317. The van der Waals surface area contributed by atoms with Crippen LogP contribution < -0.4 is 76.3 Å². The Hall–Kier alpha value is -10.9. The molecule has 0 aliphatic carbocycles. The number of ether oxygens (including phenoxy) is 6. The molecule has 87 heavy (non-hydrogen) atoms. The monoisotopic (exact) mass is 1180 g/mol. The molecular weight excluding hydrogens is 1120 g/mol. The van der Waals surface area contributed by atoms with E-state index in [1.165, 1.54) is 0 Å². The molecule has 3 amide bonds. The third kappa shape index (κ3) is 14.0. The number of anilines is 12. The number of rotatable bonds is 20. The van der Waals surface area contributed by atoms with E-state index in [9.17, 15) is 14.4 Å². The highest BCUT2D eigenvalue weighted by atomic mass is 16.6. The number of aromatic nitrogens is 9. The van der Waals surface area contributed by atoms with Gasteiger partial charge in [0, 0.05) is 65.0 Å². The smallest absolute Gasteiger partial charge is 0.225 e. The second-order valence-electron chi connectivity index (χ2n) is 19.6. The van der Waals surface area contributed by atoms with E-state index in [1.807, 2.05) is 86.8 Å². The molecule has 3 aromatic carbocycles. The average molecular weight is 1190 g/mol. The van der Waals surface area contributed by atoms with Crippen molar-refractivity contribution in [3.8, 4) is 46.8 Å². The summed E-state index contributed by atoms with van der Waals surface area (Å²) < 4.78 is 39.1. The van der Waals surface area contributed by atoms with Gasteiger partial charge in [0.25, 0.3) is 0 Å². The predicted octanol–water partition coefficient (Wildman–Crippen LogP) is 9.47. The van der Waals surface area contributed by atoms with E-state index in [-0.39, 0.29) is 24.1 Å². The Morgan fingerprint density at radius 1 is 0.471 bits per heavy atom. The second-order valence-corrected chi connectivity index (χ2v) is 19.6. The Morgan fingerprint density at radius 2 is 0.828 bits per heavy atom. The van der Waals surface area contributed by atoms with Crippen molar-refractivity contribution in [2.75, 3.05) is 109 Å². The molecule has 3 aliphatic heterocycles. The lowest BCUT2D eigenvalue weighted by Crippen LogP contribution is -2.16. The summed E-state index contributed by atoms with van der Waals surface area (Å²) in [7, 11) is 5.40. The molecule has 0 bridgehead atoms. The normalized spacial score (nSPS) is 12.5. The first-order valence-electron chi connectivity index (χ1n) is 28.6. The minimum atomic E-state index is -0.188. The Bertz CT molecular complexity index is 3970. The van der Waals surface area contributed by atoms with Gasteiger partial charge >= 0.3 is 0 Å². The number of amides is 3. The van der Waals surface area contributed by atoms with E-state index in [1.54, 1.807) is 46.2 Å². The summed E-state index contributed by atoms with van der Waals surface area (Å²) in [6.45, 7) is 7.12. The molecule has 0 saturated carbocycles. The van der Waals surface area contributed by atoms with E-state index >= 15 is 0 Å². The van der Waals surface area contributed by atoms with E-state index < -0.39 is 0 Å². The van der Waals surface area contributed by atoms with E-state index in [2.05, 4.69) is 90.9 Å². The maximum absolute atomic E-state index is 12.3. The van der Waals surface area contributed by atoms with Gasteiger partial charge in [-0.15, -0.1) is 12.3 Å². The van der Waals surface area contributed by atoms with Gasteiger partial charge in [-0.1, -0.05) is 44.9 Å². The zero-order chi connectivity index (χ0) is 60.7. The lowest BCUT2D eigenvalue weighted by Gasteiger charge is -2.21. The first kappa shape index (κ1) is 59.3. The third-order valence-electron chi connectivity index (χ3n) is 13.5.